The normalized spacial score (nSPS) is 14.7. The molecule has 9 nitrogen and oxygen atoms in total. The Kier molecular flexibility index (Phi) is 11.7. The number of aromatic nitrogens is 6. The summed E-state index contributed by atoms with van der Waals surface area (Å²) in [6, 6.07) is 16.9. The fourth-order valence-corrected chi connectivity index (χ4v) is 7.99. The molecule has 0 fully saturated rings. The molecular weight excluding hydrogens is 715 g/mol. The van der Waals surface area contributed by atoms with Gasteiger partial charge in [0, 0.05) is 43.4 Å². The predicted molar refractivity (Wildman–Crippen MR) is 245 cm³/mol. The van der Waals surface area contributed by atoms with Crippen LogP contribution in [0.25, 0.3) is 39.9 Å². The summed E-state index contributed by atoms with van der Waals surface area (Å²) in [7, 11) is 4.16. The molecule has 0 N–H and O–H groups in total. The van der Waals surface area contributed by atoms with Crippen molar-refractivity contribution in [1.82, 2.24) is 28.7 Å². The van der Waals surface area contributed by atoms with Gasteiger partial charge in [-0.25, -0.2) is 24.9 Å². The highest BCUT2D eigenvalue weighted by atomic mass is 15.3. The Morgan fingerprint density at radius 2 is 1.53 bits per heavy atom. The molecule has 58 heavy (non-hydrogen) atoms. The van der Waals surface area contributed by atoms with Crippen LogP contribution in [-0.2, 0) is 6.42 Å². The number of imidazole rings is 3. The van der Waals surface area contributed by atoms with Crippen molar-refractivity contribution < 1.29 is 0 Å². The van der Waals surface area contributed by atoms with E-state index in [-0.39, 0.29) is 0 Å². The van der Waals surface area contributed by atoms with E-state index >= 15 is 0 Å². The molecule has 9 heteroatoms. The maximum absolute atomic E-state index is 5.45. The van der Waals surface area contributed by atoms with Crippen LogP contribution in [0.2, 0.25) is 0 Å². The SMILES string of the molecule is C=C(/C=C(\C=C(/CC)c1nc(/C=C\C)c(N(C)C)n1-c1ccccc1C)c1nc2c(n1C1=C(C)C=CCC1)N=CCC2)c1nc(C)c(N=CC)n1-c1ccccc1C. The molecule has 0 atom stereocenters. The second-order valence-corrected chi connectivity index (χ2v) is 15.1. The summed E-state index contributed by atoms with van der Waals surface area (Å²) in [4.78, 5) is 28.0. The van der Waals surface area contributed by atoms with Gasteiger partial charge in [0.25, 0.3) is 0 Å². The lowest BCUT2D eigenvalue weighted by atomic mass is 10.0. The zero-order valence-corrected chi connectivity index (χ0v) is 35.5. The number of anilines is 1. The van der Waals surface area contributed by atoms with E-state index in [1.165, 1.54) is 11.3 Å². The van der Waals surface area contributed by atoms with Crippen LogP contribution in [-0.4, -0.2) is 55.2 Å². The second kappa shape index (κ2) is 17.0. The van der Waals surface area contributed by atoms with Gasteiger partial charge in [-0.05, 0) is 126 Å². The monoisotopic (exact) mass is 769 g/mol. The second-order valence-electron chi connectivity index (χ2n) is 15.1. The molecule has 4 heterocycles. The van der Waals surface area contributed by atoms with Crippen LogP contribution in [0.1, 0.15) is 99.1 Å². The van der Waals surface area contributed by atoms with Gasteiger partial charge in [-0.15, -0.1) is 0 Å². The molecule has 0 radical (unpaired) electrons. The van der Waals surface area contributed by atoms with Gasteiger partial charge in [0.15, 0.2) is 11.6 Å². The Morgan fingerprint density at radius 1 is 0.828 bits per heavy atom. The number of benzene rings is 2. The maximum Gasteiger partial charge on any atom is 0.160 e. The van der Waals surface area contributed by atoms with E-state index < -0.39 is 0 Å². The average Bonchev–Trinajstić information content (AvgIpc) is 3.89. The Hall–Kier alpha value is -6.35. The first kappa shape index (κ1) is 39.9. The van der Waals surface area contributed by atoms with Gasteiger partial charge in [0.1, 0.15) is 29.0 Å². The lowest BCUT2D eigenvalue weighted by Crippen LogP contribution is -2.16. The smallest absolute Gasteiger partial charge is 0.160 e. The molecule has 0 bridgehead atoms. The molecule has 1 aliphatic heterocycles. The summed E-state index contributed by atoms with van der Waals surface area (Å²) in [6.45, 7) is 19.4. The molecule has 2 aromatic carbocycles. The molecule has 0 amide bonds. The highest BCUT2D eigenvalue weighted by molar-refractivity contribution is 5.91. The van der Waals surface area contributed by atoms with Crippen LogP contribution in [0.5, 0.6) is 0 Å². The molecule has 5 aromatic rings. The maximum atomic E-state index is 5.45. The van der Waals surface area contributed by atoms with E-state index in [4.69, 9.17) is 31.5 Å². The topological polar surface area (TPSA) is 81.4 Å². The molecule has 0 unspecified atom stereocenters. The fraction of sp³-hybridized carbons (Fsp3) is 0.286. The van der Waals surface area contributed by atoms with E-state index in [0.717, 1.165) is 117 Å². The van der Waals surface area contributed by atoms with Crippen LogP contribution in [0.4, 0.5) is 17.5 Å². The van der Waals surface area contributed by atoms with Crippen LogP contribution in [0, 0.1) is 20.8 Å². The van der Waals surface area contributed by atoms with E-state index in [1.807, 2.05) is 33.2 Å². The number of hydrogen-bond donors (Lipinski definition) is 0. The van der Waals surface area contributed by atoms with Crippen LogP contribution < -0.4 is 4.90 Å². The standard InChI is InChI=1S/C49H55N9/c1-11-21-40-49(55(9)10)58(43-28-19-16-24-34(43)6)46(54-40)37(12-2)31-38(47-53-39-25-20-29-51-48(39)57(47)42-27-18-15-23-33(42)5)30-35(7)44-52-36(8)45(50-13-3)56(44)41-26-17-14-22-32(41)4/h11,13-17,19,21-24,26,28-31H,7,12,18,20,25,27H2,1-6,8-10H3/b21-11-,37-31+,38-30+,50-13?. The molecule has 0 saturated heterocycles. The predicted octanol–water partition coefficient (Wildman–Crippen LogP) is 11.8. The zero-order valence-electron chi connectivity index (χ0n) is 35.5. The average molecular weight is 770 g/mol. The summed E-state index contributed by atoms with van der Waals surface area (Å²) in [5.41, 5.74) is 12.2. The van der Waals surface area contributed by atoms with Gasteiger partial charge in [-0.3, -0.25) is 13.7 Å². The zero-order chi connectivity index (χ0) is 41.1. The van der Waals surface area contributed by atoms with Crippen LogP contribution in [0.15, 0.2) is 101 Å². The number of aryl methyl sites for hydroxylation is 4. The van der Waals surface area contributed by atoms with Gasteiger partial charge in [0.2, 0.25) is 0 Å². The molecular formula is C49H55N9. The number of rotatable bonds is 12. The van der Waals surface area contributed by atoms with Crippen molar-refractivity contribution >= 4 is 58.4 Å². The molecule has 3 aromatic heterocycles. The number of para-hydroxylation sites is 2. The summed E-state index contributed by atoms with van der Waals surface area (Å²) in [5, 5.41) is 0. The van der Waals surface area contributed by atoms with Crippen molar-refractivity contribution in [2.45, 2.75) is 80.6 Å². The molecule has 7 rings (SSSR count). The quantitative estimate of drug-likeness (QED) is 0.0934. The van der Waals surface area contributed by atoms with Crippen molar-refractivity contribution in [1.29, 1.82) is 0 Å². The Morgan fingerprint density at radius 3 is 2.17 bits per heavy atom. The van der Waals surface area contributed by atoms with Crippen molar-refractivity contribution in [3.8, 4) is 11.4 Å². The lowest BCUT2D eigenvalue weighted by molar-refractivity contribution is 0.908. The van der Waals surface area contributed by atoms with Gasteiger partial charge in [-0.1, -0.05) is 68.1 Å². The molecule has 296 valence electrons. The Bertz CT molecular complexity index is 2600. The molecule has 0 saturated carbocycles. The van der Waals surface area contributed by atoms with E-state index in [9.17, 15) is 0 Å². The Balaban J connectivity index is 1.55. The highest BCUT2D eigenvalue weighted by Crippen LogP contribution is 2.40. The van der Waals surface area contributed by atoms with Gasteiger partial charge < -0.3 is 4.90 Å². The first-order chi connectivity index (χ1) is 28.1. The van der Waals surface area contributed by atoms with E-state index in [0.29, 0.717) is 6.42 Å². The minimum atomic E-state index is 0.713. The number of fused-ring (bicyclic) bond motifs is 1. The van der Waals surface area contributed by atoms with Crippen molar-refractivity contribution in [2.75, 3.05) is 19.0 Å². The van der Waals surface area contributed by atoms with Crippen LogP contribution >= 0.6 is 0 Å². The summed E-state index contributed by atoms with van der Waals surface area (Å²) in [6.07, 6.45) is 21.1. The highest BCUT2D eigenvalue weighted by Gasteiger charge is 2.27. The number of hydrogen-bond acceptors (Lipinski definition) is 6. The van der Waals surface area contributed by atoms with Crippen LogP contribution in [0.3, 0.4) is 0 Å². The number of aliphatic imine (C=N–C) groups is 2. The van der Waals surface area contributed by atoms with Gasteiger partial charge in [-0.2, -0.15) is 0 Å². The number of allylic oxidation sites excluding steroid dienone is 10. The van der Waals surface area contributed by atoms with Crippen molar-refractivity contribution in [3.05, 3.63) is 137 Å². The third-order valence-electron chi connectivity index (χ3n) is 10.8. The molecule has 0 spiro atoms. The van der Waals surface area contributed by atoms with E-state index in [1.54, 1.807) is 0 Å². The fourth-order valence-electron chi connectivity index (χ4n) is 7.99. The Labute approximate surface area is 343 Å². The van der Waals surface area contributed by atoms with Crippen molar-refractivity contribution in [2.24, 2.45) is 9.98 Å². The third-order valence-corrected chi connectivity index (χ3v) is 10.8. The summed E-state index contributed by atoms with van der Waals surface area (Å²) in [5.74, 6) is 5.11. The minimum Gasteiger partial charge on any atom is -0.362 e. The summed E-state index contributed by atoms with van der Waals surface area (Å²) < 4.78 is 6.72. The summed E-state index contributed by atoms with van der Waals surface area (Å²) >= 11 is 0. The molecule has 1 aliphatic carbocycles. The third kappa shape index (κ3) is 7.44. The van der Waals surface area contributed by atoms with Crippen molar-refractivity contribution in [3.63, 3.8) is 0 Å². The van der Waals surface area contributed by atoms with E-state index in [2.05, 4.69) is 145 Å². The first-order valence-electron chi connectivity index (χ1n) is 20.3. The number of nitrogens with zero attached hydrogens (tertiary/aromatic N) is 9. The molecule has 2 aliphatic rings. The lowest BCUT2D eigenvalue weighted by Gasteiger charge is -2.21. The van der Waals surface area contributed by atoms with Gasteiger partial charge >= 0.3 is 0 Å². The minimum absolute atomic E-state index is 0.713. The largest absolute Gasteiger partial charge is 0.362 e. The first-order valence-corrected chi connectivity index (χ1v) is 20.3. The van der Waals surface area contributed by atoms with Gasteiger partial charge in [0.05, 0.1) is 22.8 Å².